The molecular formula is C12H11N5O2S. The largest absolute Gasteiger partial charge is 0.276 e. The minimum absolute atomic E-state index is 0.0263. The Kier molecular flexibility index (Phi) is 3.99. The van der Waals surface area contributed by atoms with Gasteiger partial charge in [-0.05, 0) is 31.0 Å². The number of nitrogens with one attached hydrogen (secondary N) is 2. The van der Waals surface area contributed by atoms with E-state index in [9.17, 15) is 8.42 Å². The van der Waals surface area contributed by atoms with E-state index >= 15 is 0 Å². The second-order valence-corrected chi connectivity index (χ2v) is 5.93. The second kappa shape index (κ2) is 5.70. The molecule has 1 aromatic rings. The second-order valence-electron chi connectivity index (χ2n) is 4.22. The molecule has 102 valence electrons. The Hall–Kier alpha value is -2.42. The van der Waals surface area contributed by atoms with Crippen LogP contribution in [0.4, 0.5) is 5.69 Å². The van der Waals surface area contributed by atoms with Crippen molar-refractivity contribution in [2.75, 3.05) is 5.43 Å². The van der Waals surface area contributed by atoms with Crippen LogP contribution in [0.1, 0.15) is 12.8 Å². The molecule has 1 aliphatic carbocycles. The van der Waals surface area contributed by atoms with E-state index in [1.54, 1.807) is 24.3 Å². The average molecular weight is 289 g/mol. The Morgan fingerprint density at radius 2 is 2.00 bits per heavy atom. The summed E-state index contributed by atoms with van der Waals surface area (Å²) in [6.07, 6.45) is 1.71. The Balaban J connectivity index is 2.18. The average Bonchev–Trinajstić information content (AvgIpc) is 3.23. The zero-order chi connectivity index (χ0) is 14.6. The third-order valence-electron chi connectivity index (χ3n) is 2.55. The zero-order valence-corrected chi connectivity index (χ0v) is 11.2. The fourth-order valence-corrected chi connectivity index (χ4v) is 2.77. The molecule has 2 rings (SSSR count). The Morgan fingerprint density at radius 3 is 2.60 bits per heavy atom. The molecule has 1 aromatic carbocycles. The first-order valence-electron chi connectivity index (χ1n) is 5.81. The normalized spacial score (nSPS) is 13.9. The van der Waals surface area contributed by atoms with E-state index in [4.69, 9.17) is 10.5 Å². The van der Waals surface area contributed by atoms with Crippen molar-refractivity contribution in [3.8, 4) is 12.1 Å². The van der Waals surface area contributed by atoms with Gasteiger partial charge in [-0.15, -0.1) is 0 Å². The van der Waals surface area contributed by atoms with Crippen molar-refractivity contribution in [1.82, 2.24) is 4.72 Å². The molecule has 0 saturated heterocycles. The molecule has 0 aliphatic heterocycles. The van der Waals surface area contributed by atoms with Gasteiger partial charge in [-0.1, -0.05) is 6.07 Å². The lowest BCUT2D eigenvalue weighted by molar-refractivity contribution is 0.581. The summed E-state index contributed by atoms with van der Waals surface area (Å²) in [6, 6.07) is 9.22. The van der Waals surface area contributed by atoms with Gasteiger partial charge in [-0.3, -0.25) is 5.43 Å². The number of anilines is 1. The standard InChI is InChI=1S/C12H11N5O2S/c13-7-11(8-14)16-15-10-2-1-3-12(6-10)20(18,19)17-9-4-5-9/h1-3,6,9,15,17H,4-5H2. The highest BCUT2D eigenvalue weighted by Crippen LogP contribution is 2.23. The van der Waals surface area contributed by atoms with Gasteiger partial charge < -0.3 is 0 Å². The first-order valence-corrected chi connectivity index (χ1v) is 7.30. The maximum atomic E-state index is 12.0. The molecule has 0 radical (unpaired) electrons. The Bertz CT molecular complexity index is 707. The monoisotopic (exact) mass is 289 g/mol. The first-order chi connectivity index (χ1) is 9.55. The number of benzene rings is 1. The fraction of sp³-hybridized carbons (Fsp3) is 0.250. The summed E-state index contributed by atoms with van der Waals surface area (Å²) in [4.78, 5) is 0.111. The lowest BCUT2D eigenvalue weighted by Crippen LogP contribution is -2.25. The summed E-state index contributed by atoms with van der Waals surface area (Å²) in [6.45, 7) is 0. The molecule has 20 heavy (non-hydrogen) atoms. The van der Waals surface area contributed by atoms with E-state index in [2.05, 4.69) is 15.2 Å². The minimum Gasteiger partial charge on any atom is -0.276 e. The number of sulfonamides is 1. The van der Waals surface area contributed by atoms with Crippen molar-refractivity contribution in [2.24, 2.45) is 5.10 Å². The van der Waals surface area contributed by atoms with Crippen LogP contribution in [0.2, 0.25) is 0 Å². The predicted octanol–water partition coefficient (Wildman–Crippen LogP) is 0.942. The van der Waals surface area contributed by atoms with Crippen molar-refractivity contribution in [1.29, 1.82) is 10.5 Å². The van der Waals surface area contributed by atoms with E-state index in [1.807, 2.05) is 0 Å². The molecule has 8 heteroatoms. The predicted molar refractivity (Wildman–Crippen MR) is 72.1 cm³/mol. The van der Waals surface area contributed by atoms with Gasteiger partial charge in [0.2, 0.25) is 15.7 Å². The van der Waals surface area contributed by atoms with E-state index < -0.39 is 10.0 Å². The molecule has 2 N–H and O–H groups in total. The molecule has 1 aliphatic rings. The third kappa shape index (κ3) is 3.54. The molecule has 7 nitrogen and oxygen atoms in total. The summed E-state index contributed by atoms with van der Waals surface area (Å²) in [5.41, 5.74) is 2.52. The van der Waals surface area contributed by atoms with Crippen LogP contribution in [0, 0.1) is 22.7 Å². The van der Waals surface area contributed by atoms with Crippen LogP contribution >= 0.6 is 0 Å². The molecule has 0 amide bonds. The molecule has 0 unspecified atom stereocenters. The Labute approximate surface area is 116 Å². The molecule has 0 atom stereocenters. The van der Waals surface area contributed by atoms with Gasteiger partial charge in [0.25, 0.3) is 0 Å². The summed E-state index contributed by atoms with van der Waals surface area (Å²) in [5.74, 6) is 0. The maximum absolute atomic E-state index is 12.0. The molecular weight excluding hydrogens is 278 g/mol. The molecule has 1 saturated carbocycles. The van der Waals surface area contributed by atoms with Gasteiger partial charge in [0.1, 0.15) is 12.1 Å². The highest BCUT2D eigenvalue weighted by Gasteiger charge is 2.27. The summed E-state index contributed by atoms with van der Waals surface area (Å²) < 4.78 is 26.6. The number of hydrogen-bond acceptors (Lipinski definition) is 6. The lowest BCUT2D eigenvalue weighted by atomic mass is 10.3. The van der Waals surface area contributed by atoms with Crippen LogP contribution in [0.3, 0.4) is 0 Å². The van der Waals surface area contributed by atoms with Crippen molar-refractivity contribution >= 4 is 21.4 Å². The van der Waals surface area contributed by atoms with Gasteiger partial charge in [0, 0.05) is 6.04 Å². The molecule has 0 aromatic heterocycles. The van der Waals surface area contributed by atoms with Gasteiger partial charge in [0.15, 0.2) is 0 Å². The van der Waals surface area contributed by atoms with Crippen LogP contribution in [0.5, 0.6) is 0 Å². The summed E-state index contributed by atoms with van der Waals surface area (Å²) in [5, 5.41) is 20.6. The van der Waals surface area contributed by atoms with Gasteiger partial charge in [-0.2, -0.15) is 15.6 Å². The summed E-state index contributed by atoms with van der Waals surface area (Å²) >= 11 is 0. The number of hydrogen-bond donors (Lipinski definition) is 2. The van der Waals surface area contributed by atoms with Crippen LogP contribution in [-0.2, 0) is 10.0 Å². The number of rotatable bonds is 5. The summed E-state index contributed by atoms with van der Waals surface area (Å²) in [7, 11) is -3.54. The van der Waals surface area contributed by atoms with E-state index in [0.717, 1.165) is 12.8 Å². The number of nitrogens with zero attached hydrogens (tertiary/aromatic N) is 3. The van der Waals surface area contributed by atoms with Crippen LogP contribution in [-0.4, -0.2) is 20.2 Å². The molecule has 0 heterocycles. The van der Waals surface area contributed by atoms with Gasteiger partial charge in [0.05, 0.1) is 10.6 Å². The Morgan fingerprint density at radius 1 is 1.30 bits per heavy atom. The van der Waals surface area contributed by atoms with Gasteiger partial charge >= 0.3 is 0 Å². The van der Waals surface area contributed by atoms with Crippen LogP contribution < -0.4 is 10.1 Å². The van der Waals surface area contributed by atoms with Crippen LogP contribution in [0.15, 0.2) is 34.3 Å². The van der Waals surface area contributed by atoms with Crippen molar-refractivity contribution in [3.05, 3.63) is 24.3 Å². The number of nitriles is 2. The zero-order valence-electron chi connectivity index (χ0n) is 10.4. The maximum Gasteiger partial charge on any atom is 0.240 e. The molecule has 0 spiro atoms. The first kappa shape index (κ1) is 14.0. The van der Waals surface area contributed by atoms with Crippen molar-refractivity contribution < 1.29 is 8.42 Å². The van der Waals surface area contributed by atoms with Crippen molar-refractivity contribution in [2.45, 2.75) is 23.8 Å². The third-order valence-corrected chi connectivity index (χ3v) is 4.07. The lowest BCUT2D eigenvalue weighted by Gasteiger charge is -2.07. The highest BCUT2D eigenvalue weighted by atomic mass is 32.2. The number of hydrazone groups is 1. The minimum atomic E-state index is -3.54. The fourth-order valence-electron chi connectivity index (χ4n) is 1.42. The smallest absolute Gasteiger partial charge is 0.240 e. The highest BCUT2D eigenvalue weighted by molar-refractivity contribution is 7.89. The van der Waals surface area contributed by atoms with Crippen LogP contribution in [0.25, 0.3) is 0 Å². The molecule has 1 fully saturated rings. The molecule has 0 bridgehead atoms. The van der Waals surface area contributed by atoms with E-state index in [-0.39, 0.29) is 16.6 Å². The van der Waals surface area contributed by atoms with E-state index in [1.165, 1.54) is 12.1 Å². The quantitative estimate of drug-likeness (QED) is 0.617. The topological polar surface area (TPSA) is 118 Å². The van der Waals surface area contributed by atoms with E-state index in [0.29, 0.717) is 5.69 Å². The van der Waals surface area contributed by atoms with Gasteiger partial charge in [-0.25, -0.2) is 13.1 Å². The SMILES string of the molecule is N#CC(C#N)=NNc1cccc(S(=O)(=O)NC2CC2)c1. The van der Waals surface area contributed by atoms with Crippen molar-refractivity contribution in [3.63, 3.8) is 0 Å².